The smallest absolute Gasteiger partial charge is 0.414 e. The lowest BCUT2D eigenvalue weighted by molar-refractivity contribution is -0.218. The van der Waals surface area contributed by atoms with E-state index < -0.39 is 24.8 Å². The van der Waals surface area contributed by atoms with Crippen molar-refractivity contribution in [2.24, 2.45) is 5.84 Å². The first-order chi connectivity index (χ1) is 7.86. The fourth-order valence-electron chi connectivity index (χ4n) is 1.03. The highest BCUT2D eigenvalue weighted by molar-refractivity contribution is 5.94. The lowest BCUT2D eigenvalue weighted by atomic mass is 10.2. The third-order valence-electron chi connectivity index (χ3n) is 2.05. The molecule has 5 nitrogen and oxygen atoms in total. The maximum atomic E-state index is 12.1. The van der Waals surface area contributed by atoms with Crippen LogP contribution in [0.15, 0.2) is 16.7 Å². The van der Waals surface area contributed by atoms with Gasteiger partial charge in [0.25, 0.3) is 5.91 Å². The van der Waals surface area contributed by atoms with Crippen LogP contribution in [0, 0.1) is 0 Å². The van der Waals surface area contributed by atoms with Crippen molar-refractivity contribution >= 4 is 5.91 Å². The summed E-state index contributed by atoms with van der Waals surface area (Å²) in [5.74, 6) is 4.23. The van der Waals surface area contributed by atoms with Crippen LogP contribution in [-0.2, 0) is 11.3 Å². The van der Waals surface area contributed by atoms with Crippen LogP contribution in [-0.4, -0.2) is 18.2 Å². The summed E-state index contributed by atoms with van der Waals surface area (Å²) in [6.07, 6.45) is -5.23. The van der Waals surface area contributed by atoms with Gasteiger partial charge in [0.05, 0.1) is 11.8 Å². The Kier molecular flexibility index (Phi) is 4.13. The summed E-state index contributed by atoms with van der Waals surface area (Å²) in [4.78, 5) is 11.2. The number of furan rings is 1. The van der Waals surface area contributed by atoms with E-state index in [1.807, 2.05) is 5.43 Å². The van der Waals surface area contributed by atoms with E-state index >= 15 is 0 Å². The van der Waals surface area contributed by atoms with Crippen molar-refractivity contribution in [2.45, 2.75) is 25.8 Å². The lowest BCUT2D eigenvalue weighted by Gasteiger charge is -2.15. The maximum Gasteiger partial charge on any atom is 0.414 e. The van der Waals surface area contributed by atoms with Gasteiger partial charge in [-0.25, -0.2) is 5.84 Å². The molecule has 1 atom stereocenters. The Morgan fingerprint density at radius 3 is 2.82 bits per heavy atom. The number of amides is 1. The number of alkyl halides is 3. The molecule has 0 radical (unpaired) electrons. The number of rotatable bonds is 4. The largest absolute Gasteiger partial charge is 0.466 e. The number of hydrogen-bond donors (Lipinski definition) is 2. The summed E-state index contributed by atoms with van der Waals surface area (Å²) in [5, 5.41) is 0. The molecule has 0 fully saturated rings. The zero-order chi connectivity index (χ0) is 13.1. The second-order valence-electron chi connectivity index (χ2n) is 3.23. The van der Waals surface area contributed by atoms with Gasteiger partial charge in [0.2, 0.25) is 0 Å². The Morgan fingerprint density at radius 1 is 1.65 bits per heavy atom. The molecule has 1 amide bonds. The van der Waals surface area contributed by atoms with Gasteiger partial charge in [0, 0.05) is 0 Å². The molecule has 1 aromatic heterocycles. The van der Waals surface area contributed by atoms with E-state index in [1.54, 1.807) is 0 Å². The van der Waals surface area contributed by atoms with Gasteiger partial charge in [-0.05, 0) is 13.0 Å². The monoisotopic (exact) mass is 252 g/mol. The van der Waals surface area contributed by atoms with E-state index in [2.05, 4.69) is 4.74 Å². The van der Waals surface area contributed by atoms with Gasteiger partial charge in [-0.2, -0.15) is 13.2 Å². The molecule has 0 spiro atoms. The molecule has 0 aromatic carbocycles. The average molecular weight is 252 g/mol. The van der Waals surface area contributed by atoms with Gasteiger partial charge < -0.3 is 9.15 Å². The Labute approximate surface area is 94.7 Å². The molecule has 1 unspecified atom stereocenters. The predicted molar refractivity (Wildman–Crippen MR) is 50.7 cm³/mol. The minimum Gasteiger partial charge on any atom is -0.466 e. The highest BCUT2D eigenvalue weighted by Gasteiger charge is 2.37. The van der Waals surface area contributed by atoms with Gasteiger partial charge in [-0.3, -0.25) is 10.2 Å². The van der Waals surface area contributed by atoms with Crippen LogP contribution in [0.2, 0.25) is 0 Å². The molecular formula is C9H11F3N2O3. The van der Waals surface area contributed by atoms with E-state index in [0.29, 0.717) is 0 Å². The first-order valence-electron chi connectivity index (χ1n) is 4.62. The first kappa shape index (κ1) is 13.5. The number of nitrogens with one attached hydrogen (secondary N) is 1. The van der Waals surface area contributed by atoms with E-state index in [1.165, 1.54) is 12.3 Å². The van der Waals surface area contributed by atoms with Crippen LogP contribution in [0.1, 0.15) is 23.0 Å². The third kappa shape index (κ3) is 3.46. The average Bonchev–Trinajstić information content (AvgIpc) is 2.71. The quantitative estimate of drug-likeness (QED) is 0.481. The minimum atomic E-state index is -4.46. The molecule has 0 saturated carbocycles. The summed E-state index contributed by atoms with van der Waals surface area (Å²) >= 11 is 0. The molecular weight excluding hydrogens is 241 g/mol. The van der Waals surface area contributed by atoms with E-state index in [0.717, 1.165) is 6.92 Å². The molecule has 0 bridgehead atoms. The standard InChI is InChI=1S/C9H11F3N2O3/c1-5(9(10,11)12)17-4-7-6(2-3-16-7)8(15)14-13/h2-3,5H,4,13H2,1H3,(H,14,15). The number of ether oxygens (including phenoxy) is 1. The zero-order valence-electron chi connectivity index (χ0n) is 8.88. The van der Waals surface area contributed by atoms with Gasteiger partial charge in [-0.1, -0.05) is 0 Å². The molecule has 0 aliphatic heterocycles. The summed E-state index contributed by atoms with van der Waals surface area (Å²) in [6.45, 7) is 0.405. The number of hydrogen-bond acceptors (Lipinski definition) is 4. The number of nitrogens with two attached hydrogens (primary N) is 1. The van der Waals surface area contributed by atoms with Crippen molar-refractivity contribution in [3.8, 4) is 0 Å². The van der Waals surface area contributed by atoms with Crippen LogP contribution >= 0.6 is 0 Å². The lowest BCUT2D eigenvalue weighted by Crippen LogP contribution is -2.31. The molecule has 17 heavy (non-hydrogen) atoms. The normalized spacial score (nSPS) is 13.5. The molecule has 1 heterocycles. The van der Waals surface area contributed by atoms with Crippen molar-refractivity contribution < 1.29 is 27.1 Å². The van der Waals surface area contributed by atoms with Gasteiger partial charge in [0.1, 0.15) is 12.4 Å². The van der Waals surface area contributed by atoms with Crippen LogP contribution in [0.4, 0.5) is 13.2 Å². The second kappa shape index (κ2) is 5.19. The van der Waals surface area contributed by atoms with Crippen molar-refractivity contribution in [3.05, 3.63) is 23.7 Å². The molecule has 0 aliphatic carbocycles. The molecule has 1 aromatic rings. The predicted octanol–water partition coefficient (Wildman–Crippen LogP) is 1.35. The van der Waals surface area contributed by atoms with Crippen LogP contribution in [0.5, 0.6) is 0 Å². The van der Waals surface area contributed by atoms with Crippen LogP contribution < -0.4 is 11.3 Å². The summed E-state index contributed by atoms with van der Waals surface area (Å²) in [5.41, 5.74) is 1.89. The molecule has 0 saturated heterocycles. The van der Waals surface area contributed by atoms with E-state index in [4.69, 9.17) is 10.3 Å². The summed E-state index contributed by atoms with van der Waals surface area (Å²) < 4.78 is 45.8. The van der Waals surface area contributed by atoms with Crippen LogP contribution in [0.25, 0.3) is 0 Å². The van der Waals surface area contributed by atoms with Crippen molar-refractivity contribution in [3.63, 3.8) is 0 Å². The molecule has 1 rings (SSSR count). The Bertz CT molecular complexity index is 389. The fourth-order valence-corrected chi connectivity index (χ4v) is 1.03. The number of carbonyl (C=O) groups is 1. The van der Waals surface area contributed by atoms with E-state index in [-0.39, 0.29) is 11.3 Å². The topological polar surface area (TPSA) is 77.5 Å². The number of carbonyl (C=O) groups excluding carboxylic acids is 1. The highest BCUT2D eigenvalue weighted by Crippen LogP contribution is 2.24. The molecule has 3 N–H and O–H groups in total. The molecule has 0 aliphatic rings. The van der Waals surface area contributed by atoms with Crippen molar-refractivity contribution in [1.82, 2.24) is 5.43 Å². The second-order valence-corrected chi connectivity index (χ2v) is 3.23. The molecule has 8 heteroatoms. The van der Waals surface area contributed by atoms with Gasteiger partial charge in [-0.15, -0.1) is 0 Å². The van der Waals surface area contributed by atoms with Crippen molar-refractivity contribution in [2.75, 3.05) is 0 Å². The Morgan fingerprint density at radius 2 is 2.29 bits per heavy atom. The zero-order valence-corrected chi connectivity index (χ0v) is 8.88. The summed E-state index contributed by atoms with van der Waals surface area (Å²) in [7, 11) is 0. The third-order valence-corrected chi connectivity index (χ3v) is 2.05. The molecule has 96 valence electrons. The maximum absolute atomic E-state index is 12.1. The van der Waals surface area contributed by atoms with Crippen LogP contribution in [0.3, 0.4) is 0 Å². The number of nitrogen functional groups attached to an aromatic ring is 1. The highest BCUT2D eigenvalue weighted by atomic mass is 19.4. The first-order valence-corrected chi connectivity index (χ1v) is 4.62. The van der Waals surface area contributed by atoms with Gasteiger partial charge >= 0.3 is 6.18 Å². The Hall–Kier alpha value is -1.54. The van der Waals surface area contributed by atoms with Crippen molar-refractivity contribution in [1.29, 1.82) is 0 Å². The Balaban J connectivity index is 2.64. The number of halogens is 3. The fraction of sp³-hybridized carbons (Fsp3) is 0.444. The summed E-state index contributed by atoms with van der Waals surface area (Å²) in [6, 6.07) is 1.29. The van der Waals surface area contributed by atoms with Gasteiger partial charge in [0.15, 0.2) is 6.10 Å². The SMILES string of the molecule is CC(OCc1occc1C(=O)NN)C(F)(F)F. The van der Waals surface area contributed by atoms with E-state index in [9.17, 15) is 18.0 Å². The number of hydrazine groups is 1. The minimum absolute atomic E-state index is 0.0101.